The fourth-order valence-electron chi connectivity index (χ4n) is 2.87. The number of hydrogen-bond donors (Lipinski definition) is 0. The minimum absolute atomic E-state index is 0.774. The molecule has 0 spiro atoms. The van der Waals surface area contributed by atoms with Gasteiger partial charge in [-0.15, -0.1) is 0 Å². The lowest BCUT2D eigenvalue weighted by Crippen LogP contribution is -1.95. The molecule has 0 unspecified atom stereocenters. The maximum atomic E-state index is 5.23. The summed E-state index contributed by atoms with van der Waals surface area (Å²) in [6.45, 7) is 0. The molecule has 0 bridgehead atoms. The van der Waals surface area contributed by atoms with Crippen molar-refractivity contribution in [2.75, 3.05) is 7.11 Å². The molecule has 0 fully saturated rings. The summed E-state index contributed by atoms with van der Waals surface area (Å²) in [5, 5.41) is 0.774. The second-order valence-corrected chi connectivity index (χ2v) is 7.23. The summed E-state index contributed by atoms with van der Waals surface area (Å²) in [6.07, 6.45) is 0. The Morgan fingerprint density at radius 3 is 1.75 bits per heavy atom. The van der Waals surface area contributed by atoms with E-state index in [-0.39, 0.29) is 0 Å². The van der Waals surface area contributed by atoms with Crippen molar-refractivity contribution >= 4 is 11.8 Å². The SMILES string of the molecule is COc1ccc(CSc2nc(-c3ccccc3)cc(-c3ccccc3)n2)cc1. The van der Waals surface area contributed by atoms with E-state index < -0.39 is 0 Å². The van der Waals surface area contributed by atoms with Gasteiger partial charge in [-0.3, -0.25) is 0 Å². The van der Waals surface area contributed by atoms with E-state index in [2.05, 4.69) is 42.5 Å². The van der Waals surface area contributed by atoms with Crippen LogP contribution in [0.15, 0.2) is 96.2 Å². The molecule has 0 aliphatic heterocycles. The zero-order valence-corrected chi connectivity index (χ0v) is 16.4. The summed E-state index contributed by atoms with van der Waals surface area (Å²) in [7, 11) is 1.68. The Balaban J connectivity index is 1.65. The van der Waals surface area contributed by atoms with Crippen LogP contribution in [0.3, 0.4) is 0 Å². The van der Waals surface area contributed by atoms with Gasteiger partial charge in [0.2, 0.25) is 0 Å². The van der Waals surface area contributed by atoms with Crippen LogP contribution in [0, 0.1) is 0 Å². The molecule has 3 nitrogen and oxygen atoms in total. The number of rotatable bonds is 6. The molecule has 1 heterocycles. The molecule has 0 atom stereocenters. The monoisotopic (exact) mass is 384 g/mol. The van der Waals surface area contributed by atoms with Crippen LogP contribution in [0.25, 0.3) is 22.5 Å². The third-order valence-electron chi connectivity index (χ3n) is 4.37. The highest BCUT2D eigenvalue weighted by molar-refractivity contribution is 7.98. The van der Waals surface area contributed by atoms with Gasteiger partial charge in [-0.1, -0.05) is 84.6 Å². The molecule has 0 saturated heterocycles. The molecule has 4 rings (SSSR count). The number of ether oxygens (including phenoxy) is 1. The Kier molecular flexibility index (Phi) is 5.69. The van der Waals surface area contributed by atoms with E-state index >= 15 is 0 Å². The number of nitrogens with zero attached hydrogens (tertiary/aromatic N) is 2. The van der Waals surface area contributed by atoms with Crippen molar-refractivity contribution in [3.05, 3.63) is 96.6 Å². The first-order valence-electron chi connectivity index (χ1n) is 9.07. The molecule has 0 aliphatic carbocycles. The van der Waals surface area contributed by atoms with Crippen LogP contribution in [-0.2, 0) is 5.75 Å². The molecule has 0 saturated carbocycles. The lowest BCUT2D eigenvalue weighted by atomic mass is 10.1. The summed E-state index contributed by atoms with van der Waals surface area (Å²) < 4.78 is 5.23. The number of aromatic nitrogens is 2. The van der Waals surface area contributed by atoms with Gasteiger partial charge in [-0.25, -0.2) is 9.97 Å². The summed E-state index contributed by atoms with van der Waals surface area (Å²) in [4.78, 5) is 9.61. The molecule has 1 aromatic heterocycles. The average Bonchev–Trinajstić information content (AvgIpc) is 2.79. The minimum Gasteiger partial charge on any atom is -0.497 e. The molecule has 4 heteroatoms. The Labute approximate surface area is 169 Å². The van der Waals surface area contributed by atoms with E-state index in [4.69, 9.17) is 14.7 Å². The van der Waals surface area contributed by atoms with Gasteiger partial charge in [0.25, 0.3) is 0 Å². The zero-order valence-electron chi connectivity index (χ0n) is 15.6. The van der Waals surface area contributed by atoms with Crippen LogP contribution >= 0.6 is 11.8 Å². The lowest BCUT2D eigenvalue weighted by Gasteiger charge is -2.09. The largest absolute Gasteiger partial charge is 0.497 e. The molecule has 0 N–H and O–H groups in total. The summed E-state index contributed by atoms with van der Waals surface area (Å²) in [6, 6.07) is 30.6. The van der Waals surface area contributed by atoms with E-state index in [0.29, 0.717) is 0 Å². The van der Waals surface area contributed by atoms with E-state index in [9.17, 15) is 0 Å². The fourth-order valence-corrected chi connectivity index (χ4v) is 3.69. The molecule has 3 aromatic carbocycles. The second kappa shape index (κ2) is 8.72. The van der Waals surface area contributed by atoms with Crippen LogP contribution < -0.4 is 4.74 Å². The predicted octanol–water partition coefficient (Wildman–Crippen LogP) is 6.11. The molecular weight excluding hydrogens is 364 g/mol. The van der Waals surface area contributed by atoms with Gasteiger partial charge in [0.15, 0.2) is 5.16 Å². The fraction of sp³-hybridized carbons (Fsp3) is 0.0833. The highest BCUT2D eigenvalue weighted by Crippen LogP contribution is 2.28. The maximum Gasteiger partial charge on any atom is 0.189 e. The zero-order chi connectivity index (χ0) is 19.2. The quantitative estimate of drug-likeness (QED) is 0.297. The first-order chi connectivity index (χ1) is 13.8. The molecule has 28 heavy (non-hydrogen) atoms. The van der Waals surface area contributed by atoms with Crippen molar-refractivity contribution < 1.29 is 4.74 Å². The third-order valence-corrected chi connectivity index (χ3v) is 5.29. The van der Waals surface area contributed by atoms with Crippen molar-refractivity contribution in [1.29, 1.82) is 0 Å². The van der Waals surface area contributed by atoms with E-state index in [1.807, 2.05) is 48.5 Å². The van der Waals surface area contributed by atoms with Crippen LogP contribution in [-0.4, -0.2) is 17.1 Å². The summed E-state index contributed by atoms with van der Waals surface area (Å²) in [5.74, 6) is 1.67. The number of thioether (sulfide) groups is 1. The van der Waals surface area contributed by atoms with Crippen molar-refractivity contribution in [3.63, 3.8) is 0 Å². The Bertz CT molecular complexity index is 977. The van der Waals surface area contributed by atoms with Crippen LogP contribution in [0.5, 0.6) is 5.75 Å². The number of hydrogen-bond acceptors (Lipinski definition) is 4. The van der Waals surface area contributed by atoms with Crippen molar-refractivity contribution in [1.82, 2.24) is 9.97 Å². The number of methoxy groups -OCH3 is 1. The predicted molar refractivity (Wildman–Crippen MR) is 115 cm³/mol. The van der Waals surface area contributed by atoms with Crippen molar-refractivity contribution in [2.45, 2.75) is 10.9 Å². The van der Waals surface area contributed by atoms with E-state index in [1.54, 1.807) is 18.9 Å². The van der Waals surface area contributed by atoms with Crippen molar-refractivity contribution in [2.24, 2.45) is 0 Å². The van der Waals surface area contributed by atoms with E-state index in [0.717, 1.165) is 39.2 Å². The second-order valence-electron chi connectivity index (χ2n) is 6.29. The van der Waals surface area contributed by atoms with E-state index in [1.165, 1.54) is 5.56 Å². The highest BCUT2D eigenvalue weighted by atomic mass is 32.2. The van der Waals surface area contributed by atoms with Gasteiger partial charge in [0.05, 0.1) is 18.5 Å². The molecule has 0 radical (unpaired) electrons. The summed E-state index contributed by atoms with van der Waals surface area (Å²) in [5.41, 5.74) is 5.26. The van der Waals surface area contributed by atoms with Gasteiger partial charge >= 0.3 is 0 Å². The first kappa shape index (κ1) is 18.3. The topological polar surface area (TPSA) is 35.0 Å². The first-order valence-corrected chi connectivity index (χ1v) is 10.1. The molecule has 4 aromatic rings. The third kappa shape index (κ3) is 4.41. The Morgan fingerprint density at radius 2 is 1.25 bits per heavy atom. The average molecular weight is 385 g/mol. The Morgan fingerprint density at radius 1 is 0.714 bits per heavy atom. The van der Waals surface area contributed by atoms with Crippen LogP contribution in [0.2, 0.25) is 0 Å². The van der Waals surface area contributed by atoms with Gasteiger partial charge in [0, 0.05) is 16.9 Å². The van der Waals surface area contributed by atoms with Gasteiger partial charge < -0.3 is 4.74 Å². The summed E-state index contributed by atoms with van der Waals surface area (Å²) >= 11 is 1.64. The van der Waals surface area contributed by atoms with Crippen molar-refractivity contribution in [3.8, 4) is 28.3 Å². The van der Waals surface area contributed by atoms with Gasteiger partial charge in [-0.2, -0.15) is 0 Å². The van der Waals surface area contributed by atoms with Gasteiger partial charge in [-0.05, 0) is 23.8 Å². The normalized spacial score (nSPS) is 10.6. The standard InChI is InChI=1S/C24H20N2OS/c1-27-21-14-12-18(13-15-21)17-28-24-25-22(19-8-4-2-5-9-19)16-23(26-24)20-10-6-3-7-11-20/h2-16H,17H2,1H3. The number of benzene rings is 3. The Hall–Kier alpha value is -3.11. The highest BCUT2D eigenvalue weighted by Gasteiger charge is 2.09. The van der Waals surface area contributed by atoms with Crippen LogP contribution in [0.1, 0.15) is 5.56 Å². The minimum atomic E-state index is 0.774. The molecule has 0 amide bonds. The molecular formula is C24H20N2OS. The molecule has 0 aliphatic rings. The molecule has 138 valence electrons. The smallest absolute Gasteiger partial charge is 0.189 e. The van der Waals surface area contributed by atoms with Gasteiger partial charge in [0.1, 0.15) is 5.75 Å². The van der Waals surface area contributed by atoms with Crippen LogP contribution in [0.4, 0.5) is 0 Å². The lowest BCUT2D eigenvalue weighted by molar-refractivity contribution is 0.414. The maximum absolute atomic E-state index is 5.23.